The van der Waals surface area contributed by atoms with Gasteiger partial charge in [-0.2, -0.15) is 0 Å². The first-order chi connectivity index (χ1) is 10.7. The van der Waals surface area contributed by atoms with Crippen LogP contribution in [0.25, 0.3) is 11.5 Å². The van der Waals surface area contributed by atoms with E-state index in [2.05, 4.69) is 26.1 Å². The van der Waals surface area contributed by atoms with E-state index in [-0.39, 0.29) is 6.61 Å². The van der Waals surface area contributed by atoms with Crippen LogP contribution in [0, 0.1) is 0 Å². The number of rotatable bonds is 5. The number of aromatic nitrogens is 2. The lowest BCUT2D eigenvalue weighted by molar-refractivity contribution is 0.263. The van der Waals surface area contributed by atoms with Crippen LogP contribution >= 0.6 is 15.9 Å². The van der Waals surface area contributed by atoms with Crippen LogP contribution in [0.4, 0.5) is 0 Å². The van der Waals surface area contributed by atoms with Gasteiger partial charge < -0.3 is 13.9 Å². The zero-order valence-corrected chi connectivity index (χ0v) is 13.4. The van der Waals surface area contributed by atoms with E-state index in [9.17, 15) is 0 Å². The molecule has 22 heavy (non-hydrogen) atoms. The van der Waals surface area contributed by atoms with Crippen molar-refractivity contribution in [1.29, 1.82) is 0 Å². The molecule has 5 nitrogen and oxygen atoms in total. The van der Waals surface area contributed by atoms with Crippen molar-refractivity contribution < 1.29 is 13.9 Å². The minimum atomic E-state index is 0.203. The molecule has 0 bridgehead atoms. The smallest absolute Gasteiger partial charge is 0.254 e. The molecular weight excluding hydrogens is 348 g/mol. The van der Waals surface area contributed by atoms with Crippen molar-refractivity contribution >= 4 is 15.9 Å². The summed E-state index contributed by atoms with van der Waals surface area (Å²) in [5.74, 6) is 2.29. The molecule has 0 fully saturated rings. The summed E-state index contributed by atoms with van der Waals surface area (Å²) in [4.78, 5) is 0. The summed E-state index contributed by atoms with van der Waals surface area (Å²) >= 11 is 3.41. The first-order valence-electron chi connectivity index (χ1n) is 6.60. The van der Waals surface area contributed by atoms with Crippen molar-refractivity contribution in [2.24, 2.45) is 0 Å². The van der Waals surface area contributed by atoms with Crippen LogP contribution in [-0.4, -0.2) is 17.3 Å². The molecule has 2 aromatic carbocycles. The van der Waals surface area contributed by atoms with E-state index in [1.807, 2.05) is 42.5 Å². The summed E-state index contributed by atoms with van der Waals surface area (Å²) in [6.45, 7) is 0.203. The van der Waals surface area contributed by atoms with Crippen LogP contribution in [0.5, 0.6) is 11.5 Å². The minimum absolute atomic E-state index is 0.203. The Labute approximate surface area is 136 Å². The van der Waals surface area contributed by atoms with Crippen LogP contribution in [0.15, 0.2) is 57.4 Å². The van der Waals surface area contributed by atoms with E-state index < -0.39 is 0 Å². The topological polar surface area (TPSA) is 57.4 Å². The molecule has 0 aliphatic heterocycles. The van der Waals surface area contributed by atoms with E-state index in [1.54, 1.807) is 13.2 Å². The maximum absolute atomic E-state index is 5.62. The third-order valence-electron chi connectivity index (χ3n) is 2.94. The molecule has 0 saturated carbocycles. The average Bonchev–Trinajstić information content (AvgIpc) is 3.02. The molecule has 0 aliphatic rings. The predicted molar refractivity (Wildman–Crippen MR) is 84.8 cm³/mol. The van der Waals surface area contributed by atoms with Crippen LogP contribution in [0.2, 0.25) is 0 Å². The zero-order chi connectivity index (χ0) is 15.4. The molecular formula is C16H13BrN2O3. The lowest BCUT2D eigenvalue weighted by Gasteiger charge is -2.05. The van der Waals surface area contributed by atoms with Gasteiger partial charge in [0.15, 0.2) is 6.61 Å². The highest BCUT2D eigenvalue weighted by atomic mass is 79.9. The van der Waals surface area contributed by atoms with E-state index >= 15 is 0 Å². The molecule has 1 heterocycles. The molecule has 0 amide bonds. The first kappa shape index (κ1) is 14.6. The molecule has 0 radical (unpaired) electrons. The van der Waals surface area contributed by atoms with Gasteiger partial charge >= 0.3 is 0 Å². The Morgan fingerprint density at radius 2 is 1.86 bits per heavy atom. The van der Waals surface area contributed by atoms with E-state index in [4.69, 9.17) is 13.9 Å². The van der Waals surface area contributed by atoms with Crippen molar-refractivity contribution in [3.05, 3.63) is 58.9 Å². The van der Waals surface area contributed by atoms with Crippen molar-refractivity contribution in [2.75, 3.05) is 7.11 Å². The Bertz CT molecular complexity index is 773. The van der Waals surface area contributed by atoms with Gasteiger partial charge in [-0.05, 0) is 30.3 Å². The van der Waals surface area contributed by atoms with Crippen LogP contribution in [0.3, 0.4) is 0 Å². The number of nitrogens with zero attached hydrogens (tertiary/aromatic N) is 2. The van der Waals surface area contributed by atoms with Crippen LogP contribution < -0.4 is 9.47 Å². The lowest BCUT2D eigenvalue weighted by Crippen LogP contribution is -1.96. The second-order valence-corrected chi connectivity index (χ2v) is 5.39. The normalized spacial score (nSPS) is 10.5. The second-order valence-electron chi connectivity index (χ2n) is 4.48. The van der Waals surface area contributed by atoms with Gasteiger partial charge in [-0.1, -0.05) is 28.1 Å². The van der Waals surface area contributed by atoms with Gasteiger partial charge in [-0.3, -0.25) is 0 Å². The Morgan fingerprint density at radius 3 is 2.68 bits per heavy atom. The van der Waals surface area contributed by atoms with Gasteiger partial charge in [-0.25, -0.2) is 0 Å². The van der Waals surface area contributed by atoms with Gasteiger partial charge in [0.25, 0.3) is 5.89 Å². The standard InChI is InChI=1S/C16H13BrN2O3/c1-20-13-6-3-7-14(9-13)21-10-15-18-19-16(22-15)11-4-2-5-12(17)8-11/h2-9H,10H2,1H3. The Balaban J connectivity index is 1.69. The summed E-state index contributed by atoms with van der Waals surface area (Å²) in [6.07, 6.45) is 0. The maximum atomic E-state index is 5.62. The van der Waals surface area contributed by atoms with Crippen LogP contribution in [0.1, 0.15) is 5.89 Å². The molecule has 3 rings (SSSR count). The molecule has 0 spiro atoms. The van der Waals surface area contributed by atoms with E-state index in [0.717, 1.165) is 15.8 Å². The Hall–Kier alpha value is -2.34. The third-order valence-corrected chi connectivity index (χ3v) is 3.44. The highest BCUT2D eigenvalue weighted by molar-refractivity contribution is 9.10. The zero-order valence-electron chi connectivity index (χ0n) is 11.8. The number of halogens is 1. The van der Waals surface area contributed by atoms with Gasteiger partial charge in [0.2, 0.25) is 5.89 Å². The number of hydrogen-bond donors (Lipinski definition) is 0. The van der Waals surface area contributed by atoms with Gasteiger partial charge in [0, 0.05) is 16.1 Å². The summed E-state index contributed by atoms with van der Waals surface area (Å²) in [6, 6.07) is 15.0. The molecule has 1 aromatic heterocycles. The van der Waals surface area contributed by atoms with Gasteiger partial charge in [0.05, 0.1) is 7.11 Å². The Kier molecular flexibility index (Phi) is 4.39. The highest BCUT2D eigenvalue weighted by Gasteiger charge is 2.09. The number of benzene rings is 2. The fourth-order valence-electron chi connectivity index (χ4n) is 1.89. The van der Waals surface area contributed by atoms with Crippen molar-refractivity contribution in [3.63, 3.8) is 0 Å². The fraction of sp³-hybridized carbons (Fsp3) is 0.125. The molecule has 0 saturated heterocycles. The molecule has 0 atom stereocenters. The van der Waals surface area contributed by atoms with E-state index in [1.165, 1.54) is 0 Å². The lowest BCUT2D eigenvalue weighted by atomic mass is 10.2. The highest BCUT2D eigenvalue weighted by Crippen LogP contribution is 2.23. The Morgan fingerprint density at radius 1 is 1.05 bits per heavy atom. The van der Waals surface area contributed by atoms with Gasteiger partial charge in [-0.15, -0.1) is 10.2 Å². The molecule has 0 N–H and O–H groups in total. The second kappa shape index (κ2) is 6.62. The first-order valence-corrected chi connectivity index (χ1v) is 7.39. The monoisotopic (exact) mass is 360 g/mol. The molecule has 3 aromatic rings. The van der Waals surface area contributed by atoms with Crippen molar-refractivity contribution in [3.8, 4) is 23.0 Å². The number of hydrogen-bond acceptors (Lipinski definition) is 5. The summed E-state index contributed by atoms with van der Waals surface area (Å²) in [7, 11) is 1.61. The molecule has 6 heteroatoms. The third kappa shape index (κ3) is 3.46. The van der Waals surface area contributed by atoms with E-state index in [0.29, 0.717) is 17.5 Å². The molecule has 112 valence electrons. The van der Waals surface area contributed by atoms with Crippen molar-refractivity contribution in [2.45, 2.75) is 6.61 Å². The maximum Gasteiger partial charge on any atom is 0.254 e. The average molecular weight is 361 g/mol. The SMILES string of the molecule is COc1cccc(OCc2nnc(-c3cccc(Br)c3)o2)c1. The largest absolute Gasteiger partial charge is 0.497 e. The number of methoxy groups -OCH3 is 1. The summed E-state index contributed by atoms with van der Waals surface area (Å²) < 4.78 is 17.3. The fourth-order valence-corrected chi connectivity index (χ4v) is 2.29. The predicted octanol–water partition coefficient (Wildman–Crippen LogP) is 4.09. The number of ether oxygens (including phenoxy) is 2. The summed E-state index contributed by atoms with van der Waals surface area (Å²) in [5, 5.41) is 8.02. The summed E-state index contributed by atoms with van der Waals surface area (Å²) in [5.41, 5.74) is 0.856. The van der Waals surface area contributed by atoms with Crippen molar-refractivity contribution in [1.82, 2.24) is 10.2 Å². The minimum Gasteiger partial charge on any atom is -0.497 e. The molecule has 0 unspecified atom stereocenters. The molecule has 0 aliphatic carbocycles. The quantitative estimate of drug-likeness (QED) is 0.685. The van der Waals surface area contributed by atoms with Crippen LogP contribution in [-0.2, 0) is 6.61 Å². The van der Waals surface area contributed by atoms with Gasteiger partial charge in [0.1, 0.15) is 11.5 Å².